The number of benzene rings is 3. The normalized spacial score (nSPS) is 10.4. The number of hydrogen-bond donors (Lipinski definition) is 0. The highest BCUT2D eigenvalue weighted by atomic mass is 16.5. The van der Waals surface area contributed by atoms with Gasteiger partial charge in [-0.15, -0.1) is 0 Å². The van der Waals surface area contributed by atoms with Crippen molar-refractivity contribution in [2.75, 3.05) is 0 Å². The van der Waals surface area contributed by atoms with Gasteiger partial charge < -0.3 is 4.74 Å². The molecule has 0 unspecified atom stereocenters. The van der Waals surface area contributed by atoms with Gasteiger partial charge in [-0.05, 0) is 59.9 Å². The molecule has 0 aliphatic rings. The standard InChI is InChI=1S/C22H20O2/c1-16-13-18(14-23)11-12-22(16)24-15-20-9-6-10-21(17(20)2)19-7-4-3-5-8-19/h3-14H,15H2,1-2H3. The Labute approximate surface area is 142 Å². The summed E-state index contributed by atoms with van der Waals surface area (Å²) in [7, 11) is 0. The Kier molecular flexibility index (Phi) is 4.76. The molecule has 0 amide bonds. The van der Waals surface area contributed by atoms with Crippen molar-refractivity contribution in [3.05, 3.63) is 89.0 Å². The maximum atomic E-state index is 10.8. The molecule has 0 fully saturated rings. The Bertz CT molecular complexity index is 851. The molecule has 0 N–H and O–H groups in total. The quantitative estimate of drug-likeness (QED) is 0.592. The molecule has 0 radical (unpaired) electrons. The monoisotopic (exact) mass is 316 g/mol. The van der Waals surface area contributed by atoms with Gasteiger partial charge in [-0.1, -0.05) is 48.5 Å². The summed E-state index contributed by atoms with van der Waals surface area (Å²) in [4.78, 5) is 10.8. The molecule has 3 aromatic carbocycles. The fraction of sp³-hybridized carbons (Fsp3) is 0.136. The van der Waals surface area contributed by atoms with Gasteiger partial charge in [-0.25, -0.2) is 0 Å². The molecule has 3 aromatic rings. The van der Waals surface area contributed by atoms with Crippen LogP contribution in [0.1, 0.15) is 27.0 Å². The van der Waals surface area contributed by atoms with Gasteiger partial charge in [0.1, 0.15) is 18.6 Å². The maximum Gasteiger partial charge on any atom is 0.150 e. The van der Waals surface area contributed by atoms with Crippen molar-refractivity contribution in [2.45, 2.75) is 20.5 Å². The largest absolute Gasteiger partial charge is 0.489 e. The molecule has 0 aliphatic heterocycles. The molecule has 0 bridgehead atoms. The van der Waals surface area contributed by atoms with Crippen LogP contribution in [0.25, 0.3) is 11.1 Å². The molecule has 0 spiro atoms. The second kappa shape index (κ2) is 7.14. The number of carbonyl (C=O) groups excluding carboxylic acids is 1. The van der Waals surface area contributed by atoms with Gasteiger partial charge in [0.2, 0.25) is 0 Å². The number of ether oxygens (including phenoxy) is 1. The predicted octanol–water partition coefficient (Wildman–Crippen LogP) is 5.36. The highest BCUT2D eigenvalue weighted by molar-refractivity contribution is 5.75. The Hall–Kier alpha value is -2.87. The minimum atomic E-state index is 0.508. The lowest BCUT2D eigenvalue weighted by Crippen LogP contribution is -2.00. The topological polar surface area (TPSA) is 26.3 Å². The van der Waals surface area contributed by atoms with E-state index in [1.807, 2.05) is 25.1 Å². The molecule has 3 rings (SSSR count). The molecule has 2 nitrogen and oxygen atoms in total. The van der Waals surface area contributed by atoms with Gasteiger partial charge in [0.05, 0.1) is 0 Å². The lowest BCUT2D eigenvalue weighted by molar-refractivity contribution is 0.112. The van der Waals surface area contributed by atoms with E-state index in [4.69, 9.17) is 4.74 Å². The summed E-state index contributed by atoms with van der Waals surface area (Å²) in [5.41, 5.74) is 6.47. The highest BCUT2D eigenvalue weighted by Gasteiger charge is 2.08. The van der Waals surface area contributed by atoms with E-state index in [2.05, 4.69) is 49.4 Å². The van der Waals surface area contributed by atoms with E-state index in [-0.39, 0.29) is 0 Å². The zero-order valence-corrected chi connectivity index (χ0v) is 14.0. The summed E-state index contributed by atoms with van der Waals surface area (Å²) in [5, 5.41) is 0. The first kappa shape index (κ1) is 16.0. The summed E-state index contributed by atoms with van der Waals surface area (Å²) in [6.07, 6.45) is 0.851. The number of rotatable bonds is 5. The van der Waals surface area contributed by atoms with Crippen LogP contribution in [0.3, 0.4) is 0 Å². The second-order valence-corrected chi connectivity index (χ2v) is 5.89. The Balaban J connectivity index is 1.83. The van der Waals surface area contributed by atoms with E-state index in [1.165, 1.54) is 16.7 Å². The molecule has 0 heterocycles. The second-order valence-electron chi connectivity index (χ2n) is 5.89. The third-order valence-electron chi connectivity index (χ3n) is 4.25. The smallest absolute Gasteiger partial charge is 0.150 e. The Morgan fingerprint density at radius 1 is 0.917 bits per heavy atom. The van der Waals surface area contributed by atoms with E-state index in [1.54, 1.807) is 6.07 Å². The zero-order valence-electron chi connectivity index (χ0n) is 14.0. The van der Waals surface area contributed by atoms with Crippen LogP contribution in [-0.2, 0) is 6.61 Å². The van der Waals surface area contributed by atoms with Crippen molar-refractivity contribution in [3.8, 4) is 16.9 Å². The van der Waals surface area contributed by atoms with Crippen LogP contribution < -0.4 is 4.74 Å². The van der Waals surface area contributed by atoms with Crippen molar-refractivity contribution in [1.82, 2.24) is 0 Å². The van der Waals surface area contributed by atoms with Gasteiger partial charge in [0, 0.05) is 5.56 Å². The average Bonchev–Trinajstić information content (AvgIpc) is 2.62. The van der Waals surface area contributed by atoms with Crippen molar-refractivity contribution < 1.29 is 9.53 Å². The molecule has 0 saturated carbocycles. The van der Waals surface area contributed by atoms with E-state index in [0.29, 0.717) is 12.2 Å². The summed E-state index contributed by atoms with van der Waals surface area (Å²) in [5.74, 6) is 0.810. The van der Waals surface area contributed by atoms with Gasteiger partial charge >= 0.3 is 0 Å². The fourth-order valence-corrected chi connectivity index (χ4v) is 2.83. The van der Waals surface area contributed by atoms with Gasteiger partial charge in [-0.3, -0.25) is 4.79 Å². The van der Waals surface area contributed by atoms with Crippen LogP contribution in [0, 0.1) is 13.8 Å². The summed E-state index contributed by atoms with van der Waals surface area (Å²) < 4.78 is 5.98. The molecule has 0 aliphatic carbocycles. The molecule has 0 atom stereocenters. The summed E-state index contributed by atoms with van der Waals surface area (Å²) in [6, 6.07) is 22.1. The summed E-state index contributed by atoms with van der Waals surface area (Å²) >= 11 is 0. The fourth-order valence-electron chi connectivity index (χ4n) is 2.83. The molecule has 24 heavy (non-hydrogen) atoms. The molecular weight excluding hydrogens is 296 g/mol. The van der Waals surface area contributed by atoms with Crippen molar-refractivity contribution in [2.24, 2.45) is 0 Å². The third kappa shape index (κ3) is 3.38. The molecule has 0 aromatic heterocycles. The van der Waals surface area contributed by atoms with E-state index < -0.39 is 0 Å². The maximum absolute atomic E-state index is 10.8. The van der Waals surface area contributed by atoms with Crippen molar-refractivity contribution in [3.63, 3.8) is 0 Å². The molecular formula is C22H20O2. The lowest BCUT2D eigenvalue weighted by Gasteiger charge is -2.14. The SMILES string of the molecule is Cc1cc(C=O)ccc1OCc1cccc(-c2ccccc2)c1C. The van der Waals surface area contributed by atoms with E-state index in [9.17, 15) is 4.79 Å². The lowest BCUT2D eigenvalue weighted by atomic mass is 9.97. The number of aryl methyl sites for hydroxylation is 1. The van der Waals surface area contributed by atoms with Crippen LogP contribution in [0.4, 0.5) is 0 Å². The van der Waals surface area contributed by atoms with Gasteiger partial charge in [0.15, 0.2) is 0 Å². The molecule has 120 valence electrons. The predicted molar refractivity (Wildman–Crippen MR) is 97.5 cm³/mol. The van der Waals surface area contributed by atoms with Gasteiger partial charge in [0.25, 0.3) is 0 Å². The first-order valence-corrected chi connectivity index (χ1v) is 8.01. The van der Waals surface area contributed by atoms with Gasteiger partial charge in [-0.2, -0.15) is 0 Å². The van der Waals surface area contributed by atoms with E-state index >= 15 is 0 Å². The van der Waals surface area contributed by atoms with Crippen LogP contribution in [0.2, 0.25) is 0 Å². The Morgan fingerprint density at radius 2 is 1.71 bits per heavy atom. The first-order valence-electron chi connectivity index (χ1n) is 8.01. The number of aldehydes is 1. The number of carbonyl (C=O) groups is 1. The molecule has 0 saturated heterocycles. The van der Waals surface area contributed by atoms with Crippen LogP contribution in [0.5, 0.6) is 5.75 Å². The molecule has 2 heteroatoms. The van der Waals surface area contributed by atoms with Crippen LogP contribution >= 0.6 is 0 Å². The van der Waals surface area contributed by atoms with Crippen molar-refractivity contribution >= 4 is 6.29 Å². The average molecular weight is 316 g/mol. The van der Waals surface area contributed by atoms with E-state index in [0.717, 1.165) is 23.2 Å². The zero-order chi connectivity index (χ0) is 16.9. The van der Waals surface area contributed by atoms with Crippen LogP contribution in [-0.4, -0.2) is 6.29 Å². The highest BCUT2D eigenvalue weighted by Crippen LogP contribution is 2.27. The summed E-state index contributed by atoms with van der Waals surface area (Å²) in [6.45, 7) is 4.59. The Morgan fingerprint density at radius 3 is 2.42 bits per heavy atom. The van der Waals surface area contributed by atoms with Crippen molar-refractivity contribution in [1.29, 1.82) is 0 Å². The first-order chi connectivity index (χ1) is 11.7. The third-order valence-corrected chi connectivity index (χ3v) is 4.25. The minimum absolute atomic E-state index is 0.508. The minimum Gasteiger partial charge on any atom is -0.489 e. The van der Waals surface area contributed by atoms with Crippen LogP contribution in [0.15, 0.2) is 66.7 Å². The number of hydrogen-bond acceptors (Lipinski definition) is 2.